The number of hydrogen-bond donors (Lipinski definition) is 1. The molecular weight excluding hydrogens is 124 g/mol. The summed E-state index contributed by atoms with van der Waals surface area (Å²) in [5.41, 5.74) is 4.79. The lowest BCUT2D eigenvalue weighted by Gasteiger charge is -2.18. The lowest BCUT2D eigenvalue weighted by molar-refractivity contribution is 0.284. The van der Waals surface area contributed by atoms with Crippen LogP contribution >= 0.6 is 0 Å². The number of nitrogens with one attached hydrogen (secondary N) is 1. The third-order valence-corrected chi connectivity index (χ3v) is 1.81. The molecule has 0 bridgehead atoms. The molecule has 0 saturated carbocycles. The van der Waals surface area contributed by atoms with Gasteiger partial charge in [-0.1, -0.05) is 5.57 Å². The molecule has 2 nitrogen and oxygen atoms in total. The summed E-state index contributed by atoms with van der Waals surface area (Å²) in [4.78, 5) is 0. The summed E-state index contributed by atoms with van der Waals surface area (Å²) in [5, 5.41) is 2.05. The molecule has 1 heterocycles. The predicted molar refractivity (Wildman–Crippen MR) is 43.4 cm³/mol. The predicted octanol–water partition coefficient (Wildman–Crippen LogP) is 1.51. The van der Waals surface area contributed by atoms with Gasteiger partial charge in [-0.05, 0) is 26.7 Å². The van der Waals surface area contributed by atoms with Crippen LogP contribution in [0.3, 0.4) is 0 Å². The van der Waals surface area contributed by atoms with Gasteiger partial charge in [-0.2, -0.15) is 0 Å². The van der Waals surface area contributed by atoms with Crippen molar-refractivity contribution in [3.8, 4) is 0 Å². The van der Waals surface area contributed by atoms with Gasteiger partial charge in [0.1, 0.15) is 0 Å². The first-order valence-corrected chi connectivity index (χ1v) is 3.85. The zero-order valence-corrected chi connectivity index (χ0v) is 7.02. The Bertz CT molecular complexity index is 140. The highest BCUT2D eigenvalue weighted by Crippen LogP contribution is 2.10. The summed E-state index contributed by atoms with van der Waals surface area (Å²) in [6.07, 6.45) is 4.62. The normalized spacial score (nSPS) is 27.7. The molecule has 1 aliphatic rings. The molecule has 2 heteroatoms. The Morgan fingerprint density at radius 3 is 3.10 bits per heavy atom. The third kappa shape index (κ3) is 2.03. The number of hydrazine groups is 1. The summed E-state index contributed by atoms with van der Waals surface area (Å²) in [6, 6.07) is 0.610. The molecule has 0 aromatic rings. The first-order valence-electron chi connectivity index (χ1n) is 3.85. The van der Waals surface area contributed by atoms with Crippen LogP contribution in [0.4, 0.5) is 0 Å². The molecule has 1 rings (SSSR count). The zero-order chi connectivity index (χ0) is 7.56. The molecule has 1 unspecified atom stereocenters. The fourth-order valence-corrected chi connectivity index (χ4v) is 1.29. The molecular formula is C8H16N2. The van der Waals surface area contributed by atoms with E-state index in [4.69, 9.17) is 0 Å². The average molecular weight is 140 g/mol. The van der Waals surface area contributed by atoms with Crippen molar-refractivity contribution in [2.24, 2.45) is 0 Å². The summed E-state index contributed by atoms with van der Waals surface area (Å²) in [5.74, 6) is 0. The molecule has 10 heavy (non-hydrogen) atoms. The fraction of sp³-hybridized carbons (Fsp3) is 0.750. The lowest BCUT2D eigenvalue weighted by Crippen LogP contribution is -2.35. The Hall–Kier alpha value is -0.500. The Balaban J connectivity index is 2.53. The smallest absolute Gasteiger partial charge is 0.0237 e. The van der Waals surface area contributed by atoms with Crippen molar-refractivity contribution in [3.63, 3.8) is 0 Å². The molecule has 1 atom stereocenters. The van der Waals surface area contributed by atoms with Crippen molar-refractivity contribution in [3.05, 3.63) is 11.8 Å². The second-order valence-corrected chi connectivity index (χ2v) is 3.16. The minimum atomic E-state index is 0.610. The van der Waals surface area contributed by atoms with Gasteiger partial charge in [-0.25, -0.2) is 5.43 Å². The van der Waals surface area contributed by atoms with Gasteiger partial charge in [0.25, 0.3) is 0 Å². The molecule has 0 spiro atoms. The number of hydrogen-bond acceptors (Lipinski definition) is 2. The van der Waals surface area contributed by atoms with Crippen LogP contribution in [0.2, 0.25) is 0 Å². The highest BCUT2D eigenvalue weighted by Gasteiger charge is 2.07. The first-order chi connectivity index (χ1) is 4.68. The third-order valence-electron chi connectivity index (χ3n) is 1.81. The summed E-state index contributed by atoms with van der Waals surface area (Å²) in [6.45, 7) is 4.39. The minimum Gasteiger partial charge on any atom is -0.319 e. The van der Waals surface area contributed by atoms with E-state index in [2.05, 4.69) is 25.5 Å². The van der Waals surface area contributed by atoms with Crippen LogP contribution in [0.25, 0.3) is 0 Å². The van der Waals surface area contributed by atoms with Crippen molar-refractivity contribution in [1.82, 2.24) is 10.4 Å². The molecule has 0 aliphatic carbocycles. The van der Waals surface area contributed by atoms with Gasteiger partial charge in [0.2, 0.25) is 0 Å². The molecule has 1 aliphatic heterocycles. The largest absolute Gasteiger partial charge is 0.319 e. The molecule has 0 aromatic carbocycles. The van der Waals surface area contributed by atoms with Gasteiger partial charge in [-0.3, -0.25) is 0 Å². The van der Waals surface area contributed by atoms with Crippen LogP contribution in [0, 0.1) is 0 Å². The van der Waals surface area contributed by atoms with Gasteiger partial charge >= 0.3 is 0 Å². The Morgan fingerprint density at radius 2 is 2.40 bits per heavy atom. The second kappa shape index (κ2) is 3.06. The van der Waals surface area contributed by atoms with E-state index in [1.807, 2.05) is 12.1 Å². The Labute approximate surface area is 62.9 Å². The van der Waals surface area contributed by atoms with Gasteiger partial charge in [0, 0.05) is 19.3 Å². The van der Waals surface area contributed by atoms with Crippen LogP contribution in [-0.4, -0.2) is 18.1 Å². The quantitative estimate of drug-likeness (QED) is 0.548. The summed E-state index contributed by atoms with van der Waals surface area (Å²) < 4.78 is 0. The van der Waals surface area contributed by atoms with Crippen LogP contribution in [0.1, 0.15) is 26.7 Å². The SMILES string of the molecule is CC1=CN(C)NC(C)CC1. The van der Waals surface area contributed by atoms with Crippen LogP contribution in [0.15, 0.2) is 11.8 Å². The first kappa shape index (κ1) is 7.61. The molecule has 58 valence electrons. The number of allylic oxidation sites excluding steroid dienone is 1. The standard InChI is InChI=1S/C8H16N2/c1-7-4-5-8(2)9-10(3)6-7/h6,8-9H,4-5H2,1-3H3. The number of rotatable bonds is 0. The van der Waals surface area contributed by atoms with E-state index in [9.17, 15) is 0 Å². The average Bonchev–Trinajstić information content (AvgIpc) is 1.93. The van der Waals surface area contributed by atoms with Crippen molar-refractivity contribution in [2.75, 3.05) is 7.05 Å². The molecule has 1 N–H and O–H groups in total. The van der Waals surface area contributed by atoms with E-state index in [-0.39, 0.29) is 0 Å². The van der Waals surface area contributed by atoms with Crippen molar-refractivity contribution < 1.29 is 0 Å². The van der Waals surface area contributed by atoms with Crippen molar-refractivity contribution in [2.45, 2.75) is 32.7 Å². The fourth-order valence-electron chi connectivity index (χ4n) is 1.29. The van der Waals surface area contributed by atoms with E-state index in [1.165, 1.54) is 18.4 Å². The van der Waals surface area contributed by atoms with Gasteiger partial charge in [0.05, 0.1) is 0 Å². The molecule has 0 aromatic heterocycles. The highest BCUT2D eigenvalue weighted by molar-refractivity contribution is 4.98. The van der Waals surface area contributed by atoms with Crippen LogP contribution in [0.5, 0.6) is 0 Å². The van der Waals surface area contributed by atoms with E-state index in [0.29, 0.717) is 6.04 Å². The molecule has 0 radical (unpaired) electrons. The summed E-state index contributed by atoms with van der Waals surface area (Å²) in [7, 11) is 2.05. The molecule has 0 saturated heterocycles. The van der Waals surface area contributed by atoms with Crippen molar-refractivity contribution >= 4 is 0 Å². The number of nitrogens with zero attached hydrogens (tertiary/aromatic N) is 1. The second-order valence-electron chi connectivity index (χ2n) is 3.16. The summed E-state index contributed by atoms with van der Waals surface area (Å²) >= 11 is 0. The van der Waals surface area contributed by atoms with Gasteiger partial charge in [0.15, 0.2) is 0 Å². The monoisotopic (exact) mass is 140 g/mol. The van der Waals surface area contributed by atoms with Gasteiger partial charge in [-0.15, -0.1) is 0 Å². The van der Waals surface area contributed by atoms with Crippen LogP contribution in [-0.2, 0) is 0 Å². The zero-order valence-electron chi connectivity index (χ0n) is 7.02. The van der Waals surface area contributed by atoms with Gasteiger partial charge < -0.3 is 5.01 Å². The maximum absolute atomic E-state index is 3.33. The Morgan fingerprint density at radius 1 is 1.70 bits per heavy atom. The van der Waals surface area contributed by atoms with E-state index in [1.54, 1.807) is 0 Å². The van der Waals surface area contributed by atoms with E-state index >= 15 is 0 Å². The molecule has 0 fully saturated rings. The maximum atomic E-state index is 3.33. The minimum absolute atomic E-state index is 0.610. The van der Waals surface area contributed by atoms with Crippen LogP contribution < -0.4 is 5.43 Å². The lowest BCUT2D eigenvalue weighted by atomic mass is 10.1. The van der Waals surface area contributed by atoms with E-state index in [0.717, 1.165) is 0 Å². The van der Waals surface area contributed by atoms with Crippen molar-refractivity contribution in [1.29, 1.82) is 0 Å². The van der Waals surface area contributed by atoms with E-state index < -0.39 is 0 Å². The maximum Gasteiger partial charge on any atom is 0.0237 e. The Kier molecular flexibility index (Phi) is 2.33. The highest BCUT2D eigenvalue weighted by atomic mass is 15.5. The molecule has 0 amide bonds. The topological polar surface area (TPSA) is 15.3 Å².